The van der Waals surface area contributed by atoms with Gasteiger partial charge in [0.1, 0.15) is 5.92 Å². The van der Waals surface area contributed by atoms with Crippen LogP contribution < -0.4 is 5.73 Å². The number of aryl methyl sites for hydroxylation is 1. The lowest BCUT2D eigenvalue weighted by atomic mass is 9.95. The van der Waals surface area contributed by atoms with Crippen LogP contribution in [-0.4, -0.2) is 16.1 Å². The third-order valence-corrected chi connectivity index (χ3v) is 3.43. The molecule has 5 heteroatoms. The van der Waals surface area contributed by atoms with E-state index < -0.39 is 11.8 Å². The van der Waals surface area contributed by atoms with E-state index in [1.807, 2.05) is 36.4 Å². The molecule has 1 aromatic heterocycles. The highest BCUT2D eigenvalue weighted by Gasteiger charge is 2.21. The zero-order valence-corrected chi connectivity index (χ0v) is 12.3. The topological polar surface area (TPSA) is 92.7 Å². The van der Waals surface area contributed by atoms with Crippen LogP contribution in [0, 0.1) is 11.3 Å². The number of rotatable bonds is 7. The Morgan fingerprint density at radius 2 is 1.91 bits per heavy atom. The second-order valence-electron chi connectivity index (χ2n) is 5.06. The first-order valence-corrected chi connectivity index (χ1v) is 7.26. The maximum absolute atomic E-state index is 11.8. The van der Waals surface area contributed by atoms with Crippen molar-refractivity contribution >= 4 is 5.91 Å². The Balaban J connectivity index is 2.10. The third kappa shape index (κ3) is 4.13. The van der Waals surface area contributed by atoms with Gasteiger partial charge in [0.05, 0.1) is 17.5 Å². The molecule has 1 heterocycles. The van der Waals surface area contributed by atoms with Crippen molar-refractivity contribution in [2.45, 2.75) is 31.6 Å². The van der Waals surface area contributed by atoms with Gasteiger partial charge in [-0.2, -0.15) is 15.5 Å². The number of unbranched alkanes of at least 4 members (excludes halogenated alkanes) is 2. The number of benzene rings is 1. The number of hydrogen-bond donors (Lipinski definition) is 1. The first kappa shape index (κ1) is 15.6. The number of nitrogens with zero attached hydrogens (tertiary/aromatic N) is 3. The summed E-state index contributed by atoms with van der Waals surface area (Å²) in [5.41, 5.74) is 7.74. The van der Waals surface area contributed by atoms with Crippen molar-refractivity contribution in [1.82, 2.24) is 10.2 Å². The van der Waals surface area contributed by atoms with Gasteiger partial charge in [0.2, 0.25) is 5.91 Å². The van der Waals surface area contributed by atoms with Crippen LogP contribution in [-0.2, 0) is 11.2 Å². The Morgan fingerprint density at radius 3 is 2.50 bits per heavy atom. The number of aromatic nitrogens is 2. The smallest absolute Gasteiger partial charge is 0.231 e. The van der Waals surface area contributed by atoms with Gasteiger partial charge in [-0.3, -0.25) is 4.79 Å². The van der Waals surface area contributed by atoms with E-state index in [4.69, 9.17) is 11.0 Å². The second kappa shape index (κ2) is 7.89. The van der Waals surface area contributed by atoms with E-state index in [-0.39, 0.29) is 0 Å². The summed E-state index contributed by atoms with van der Waals surface area (Å²) in [6.45, 7) is 0. The molecule has 0 saturated heterocycles. The molecule has 2 N–H and O–H groups in total. The molecule has 1 amide bonds. The molecule has 2 rings (SSSR count). The van der Waals surface area contributed by atoms with Crippen LogP contribution in [0.15, 0.2) is 42.5 Å². The minimum absolute atomic E-state index is 0.442. The van der Waals surface area contributed by atoms with Crippen molar-refractivity contribution in [3.05, 3.63) is 59.4 Å². The van der Waals surface area contributed by atoms with Crippen LogP contribution in [0.25, 0.3) is 0 Å². The highest BCUT2D eigenvalue weighted by atomic mass is 16.1. The fourth-order valence-electron chi connectivity index (χ4n) is 2.29. The summed E-state index contributed by atoms with van der Waals surface area (Å²) in [6.07, 6.45) is 3.10. The fourth-order valence-corrected chi connectivity index (χ4v) is 2.29. The van der Waals surface area contributed by atoms with Gasteiger partial charge in [0.15, 0.2) is 0 Å². The Morgan fingerprint density at radius 1 is 1.14 bits per heavy atom. The zero-order chi connectivity index (χ0) is 15.8. The van der Waals surface area contributed by atoms with Crippen molar-refractivity contribution in [2.24, 2.45) is 5.73 Å². The van der Waals surface area contributed by atoms with Gasteiger partial charge in [-0.1, -0.05) is 30.3 Å². The molecule has 5 nitrogen and oxygen atoms in total. The second-order valence-corrected chi connectivity index (χ2v) is 5.06. The van der Waals surface area contributed by atoms with Gasteiger partial charge in [0.25, 0.3) is 0 Å². The molecule has 0 radical (unpaired) electrons. The molecule has 1 unspecified atom stereocenters. The monoisotopic (exact) mass is 294 g/mol. The van der Waals surface area contributed by atoms with Crippen molar-refractivity contribution in [2.75, 3.05) is 0 Å². The molecule has 112 valence electrons. The number of primary amides is 1. The van der Waals surface area contributed by atoms with E-state index in [0.29, 0.717) is 12.1 Å². The summed E-state index contributed by atoms with van der Waals surface area (Å²) < 4.78 is 0. The van der Waals surface area contributed by atoms with Crippen LogP contribution in [0.2, 0.25) is 0 Å². The lowest BCUT2D eigenvalue weighted by Gasteiger charge is -2.12. The van der Waals surface area contributed by atoms with Crippen molar-refractivity contribution < 1.29 is 4.79 Å². The molecular weight excluding hydrogens is 276 g/mol. The van der Waals surface area contributed by atoms with Crippen molar-refractivity contribution in [3.63, 3.8) is 0 Å². The average Bonchev–Trinajstić information content (AvgIpc) is 2.54. The van der Waals surface area contributed by atoms with E-state index >= 15 is 0 Å². The zero-order valence-electron chi connectivity index (χ0n) is 12.3. The Labute approximate surface area is 129 Å². The van der Waals surface area contributed by atoms with Crippen molar-refractivity contribution in [3.8, 4) is 6.07 Å². The number of carbonyl (C=O) groups excluding carboxylic acids is 1. The third-order valence-electron chi connectivity index (χ3n) is 3.43. The van der Waals surface area contributed by atoms with E-state index in [9.17, 15) is 4.79 Å². The highest BCUT2D eigenvalue weighted by Crippen LogP contribution is 2.22. The Bertz CT molecular complexity index is 647. The summed E-state index contributed by atoms with van der Waals surface area (Å²) in [5.74, 6) is -1.02. The normalized spacial score (nSPS) is 11.6. The molecule has 0 aliphatic heterocycles. The average molecular weight is 294 g/mol. The maximum Gasteiger partial charge on any atom is 0.231 e. The van der Waals surface area contributed by atoms with Crippen molar-refractivity contribution in [1.29, 1.82) is 5.26 Å². The number of carbonyl (C=O) groups is 1. The first-order chi connectivity index (χ1) is 10.7. The molecular formula is C17H18N4O. The van der Waals surface area contributed by atoms with Gasteiger partial charge in [0, 0.05) is 6.42 Å². The number of nitriles is 1. The van der Waals surface area contributed by atoms with E-state index in [1.165, 1.54) is 0 Å². The number of hydrogen-bond acceptors (Lipinski definition) is 4. The molecule has 1 aromatic carbocycles. The van der Waals surface area contributed by atoms with Crippen LogP contribution >= 0.6 is 0 Å². The predicted molar refractivity (Wildman–Crippen MR) is 82.7 cm³/mol. The highest BCUT2D eigenvalue weighted by molar-refractivity contribution is 5.85. The summed E-state index contributed by atoms with van der Waals surface area (Å²) >= 11 is 0. The fraction of sp³-hybridized carbons (Fsp3) is 0.294. The summed E-state index contributed by atoms with van der Waals surface area (Å²) in [6, 6.07) is 15.1. The molecule has 0 saturated carbocycles. The molecule has 0 spiro atoms. The Hall–Kier alpha value is -2.74. The van der Waals surface area contributed by atoms with Gasteiger partial charge in [-0.25, -0.2) is 0 Å². The SMILES string of the molecule is N#CCCCCc1ccc(C(C(N)=O)c2ccccc2)nn1. The summed E-state index contributed by atoms with van der Waals surface area (Å²) in [5, 5.41) is 16.8. The lowest BCUT2D eigenvalue weighted by molar-refractivity contribution is -0.118. The largest absolute Gasteiger partial charge is 0.369 e. The van der Waals surface area contributed by atoms with Crippen LogP contribution in [0.4, 0.5) is 0 Å². The van der Waals surface area contributed by atoms with Gasteiger partial charge in [-0.15, -0.1) is 0 Å². The molecule has 1 atom stereocenters. The quantitative estimate of drug-likeness (QED) is 0.793. The molecule has 0 bridgehead atoms. The standard InChI is InChI=1S/C17H18N4O/c18-12-6-2-5-9-14-10-11-15(21-20-14)16(17(19)22)13-7-3-1-4-8-13/h1,3-4,7-8,10-11,16H,2,5-6,9H2,(H2,19,22). The van der Waals surface area contributed by atoms with Gasteiger partial charge in [-0.05, 0) is 37.0 Å². The Kier molecular flexibility index (Phi) is 5.61. The molecule has 0 aliphatic rings. The summed E-state index contributed by atoms with van der Waals surface area (Å²) in [7, 11) is 0. The predicted octanol–water partition coefficient (Wildman–Crippen LogP) is 2.33. The van der Waals surface area contributed by atoms with E-state index in [0.717, 1.165) is 30.5 Å². The first-order valence-electron chi connectivity index (χ1n) is 7.26. The van der Waals surface area contributed by atoms with Gasteiger partial charge >= 0.3 is 0 Å². The molecule has 0 fully saturated rings. The molecule has 22 heavy (non-hydrogen) atoms. The van der Waals surface area contributed by atoms with Crippen LogP contribution in [0.1, 0.15) is 42.1 Å². The minimum Gasteiger partial charge on any atom is -0.369 e. The van der Waals surface area contributed by atoms with Crippen LogP contribution in [0.3, 0.4) is 0 Å². The lowest BCUT2D eigenvalue weighted by Crippen LogP contribution is -2.23. The van der Waals surface area contributed by atoms with Crippen LogP contribution in [0.5, 0.6) is 0 Å². The molecule has 2 aromatic rings. The summed E-state index contributed by atoms with van der Waals surface area (Å²) in [4.78, 5) is 11.8. The molecule has 0 aliphatic carbocycles. The number of nitrogens with two attached hydrogens (primary N) is 1. The van der Waals surface area contributed by atoms with E-state index in [2.05, 4.69) is 16.3 Å². The number of amides is 1. The maximum atomic E-state index is 11.8. The minimum atomic E-state index is -0.582. The van der Waals surface area contributed by atoms with Gasteiger partial charge < -0.3 is 5.73 Å². The van der Waals surface area contributed by atoms with E-state index in [1.54, 1.807) is 6.07 Å².